The molecule has 3 N–H and O–H groups in total. The number of hydrogen-bond acceptors (Lipinski definition) is 3. The van der Waals surface area contributed by atoms with E-state index in [4.69, 9.17) is 10.5 Å². The van der Waals surface area contributed by atoms with Crippen LogP contribution in [-0.4, -0.2) is 25.1 Å². The Bertz CT molecular complexity index is 453. The van der Waals surface area contributed by atoms with Gasteiger partial charge in [0.2, 0.25) is 5.91 Å². The molecular formula is C15H22N2O2. The SMILES string of the molecule is COc1cccc(CCNC(=O)C(C)(N)C2CC2)c1. The quantitative estimate of drug-likeness (QED) is 0.816. The zero-order chi connectivity index (χ0) is 13.9. The van der Waals surface area contributed by atoms with E-state index in [-0.39, 0.29) is 5.91 Å². The number of benzene rings is 1. The van der Waals surface area contributed by atoms with E-state index in [1.165, 1.54) is 0 Å². The van der Waals surface area contributed by atoms with Crippen molar-refractivity contribution in [3.8, 4) is 5.75 Å². The normalized spacial score (nSPS) is 17.6. The minimum Gasteiger partial charge on any atom is -0.497 e. The third-order valence-electron chi connectivity index (χ3n) is 3.75. The lowest BCUT2D eigenvalue weighted by molar-refractivity contribution is -0.126. The number of methoxy groups -OCH3 is 1. The maximum atomic E-state index is 12.0. The molecule has 2 rings (SSSR count). The molecule has 0 bridgehead atoms. The highest BCUT2D eigenvalue weighted by atomic mass is 16.5. The van der Waals surface area contributed by atoms with Crippen LogP contribution in [-0.2, 0) is 11.2 Å². The topological polar surface area (TPSA) is 64.3 Å². The Morgan fingerprint density at radius 3 is 2.89 bits per heavy atom. The van der Waals surface area contributed by atoms with Crippen LogP contribution in [0.2, 0.25) is 0 Å². The van der Waals surface area contributed by atoms with E-state index in [1.54, 1.807) is 7.11 Å². The van der Waals surface area contributed by atoms with Gasteiger partial charge >= 0.3 is 0 Å². The van der Waals surface area contributed by atoms with Crippen molar-refractivity contribution in [2.24, 2.45) is 11.7 Å². The maximum absolute atomic E-state index is 12.0. The summed E-state index contributed by atoms with van der Waals surface area (Å²) in [6.45, 7) is 2.43. The van der Waals surface area contributed by atoms with Crippen molar-refractivity contribution in [1.29, 1.82) is 0 Å². The predicted molar refractivity (Wildman–Crippen MR) is 75.0 cm³/mol. The molecule has 1 aliphatic rings. The van der Waals surface area contributed by atoms with Gasteiger partial charge in [0.1, 0.15) is 5.75 Å². The third-order valence-corrected chi connectivity index (χ3v) is 3.75. The van der Waals surface area contributed by atoms with Crippen molar-refractivity contribution >= 4 is 5.91 Å². The average molecular weight is 262 g/mol. The van der Waals surface area contributed by atoms with Gasteiger partial charge in [-0.2, -0.15) is 0 Å². The summed E-state index contributed by atoms with van der Waals surface area (Å²) in [4.78, 5) is 12.0. The van der Waals surface area contributed by atoms with Gasteiger partial charge in [-0.1, -0.05) is 12.1 Å². The smallest absolute Gasteiger partial charge is 0.240 e. The zero-order valence-corrected chi connectivity index (χ0v) is 11.6. The number of hydrogen-bond donors (Lipinski definition) is 2. The minimum atomic E-state index is -0.714. The summed E-state index contributed by atoms with van der Waals surface area (Å²) in [6, 6.07) is 7.87. The first-order chi connectivity index (χ1) is 9.04. The lowest BCUT2D eigenvalue weighted by Gasteiger charge is -2.23. The number of nitrogens with one attached hydrogen (secondary N) is 1. The molecule has 0 aromatic heterocycles. The second-order valence-corrected chi connectivity index (χ2v) is 5.41. The van der Waals surface area contributed by atoms with Gasteiger partial charge in [-0.3, -0.25) is 4.79 Å². The van der Waals surface area contributed by atoms with Crippen LogP contribution < -0.4 is 15.8 Å². The first-order valence-corrected chi connectivity index (χ1v) is 6.74. The molecule has 1 saturated carbocycles. The Balaban J connectivity index is 1.81. The molecule has 1 unspecified atom stereocenters. The fraction of sp³-hybridized carbons (Fsp3) is 0.533. The molecule has 19 heavy (non-hydrogen) atoms. The first-order valence-electron chi connectivity index (χ1n) is 6.74. The van der Waals surface area contributed by atoms with Crippen LogP contribution in [0.3, 0.4) is 0 Å². The summed E-state index contributed by atoms with van der Waals surface area (Å²) in [5.41, 5.74) is 6.49. The van der Waals surface area contributed by atoms with Crippen molar-refractivity contribution in [2.75, 3.05) is 13.7 Å². The lowest BCUT2D eigenvalue weighted by Crippen LogP contribution is -2.53. The standard InChI is InChI=1S/C15H22N2O2/c1-15(16,12-6-7-12)14(18)17-9-8-11-4-3-5-13(10-11)19-2/h3-5,10,12H,6-9,16H2,1-2H3,(H,17,18). The van der Waals surface area contributed by atoms with Gasteiger partial charge in [-0.05, 0) is 49.8 Å². The Morgan fingerprint density at radius 2 is 2.26 bits per heavy atom. The predicted octanol–water partition coefficient (Wildman–Crippen LogP) is 1.48. The van der Waals surface area contributed by atoms with E-state index >= 15 is 0 Å². The first kappa shape index (κ1) is 13.9. The lowest BCUT2D eigenvalue weighted by atomic mass is 9.96. The molecule has 0 heterocycles. The summed E-state index contributed by atoms with van der Waals surface area (Å²) in [6.07, 6.45) is 2.91. The Morgan fingerprint density at radius 1 is 1.53 bits per heavy atom. The molecule has 0 aliphatic heterocycles. The molecule has 0 radical (unpaired) electrons. The van der Waals surface area contributed by atoms with Gasteiger partial charge < -0.3 is 15.8 Å². The van der Waals surface area contributed by atoms with Crippen molar-refractivity contribution in [3.63, 3.8) is 0 Å². The number of carbonyl (C=O) groups is 1. The van der Waals surface area contributed by atoms with Crippen molar-refractivity contribution in [3.05, 3.63) is 29.8 Å². The zero-order valence-electron chi connectivity index (χ0n) is 11.6. The summed E-state index contributed by atoms with van der Waals surface area (Å²) >= 11 is 0. The van der Waals surface area contributed by atoms with Crippen LogP contribution in [0, 0.1) is 5.92 Å². The molecule has 4 heteroatoms. The molecule has 1 aliphatic carbocycles. The third kappa shape index (κ3) is 3.47. The van der Waals surface area contributed by atoms with E-state index in [0.717, 1.165) is 30.6 Å². The number of rotatable bonds is 6. The van der Waals surface area contributed by atoms with Crippen LogP contribution in [0.4, 0.5) is 0 Å². The highest BCUT2D eigenvalue weighted by molar-refractivity contribution is 5.86. The van der Waals surface area contributed by atoms with E-state index in [9.17, 15) is 4.79 Å². The van der Waals surface area contributed by atoms with E-state index in [2.05, 4.69) is 5.32 Å². The summed E-state index contributed by atoms with van der Waals surface area (Å²) < 4.78 is 5.17. The summed E-state index contributed by atoms with van der Waals surface area (Å²) in [5.74, 6) is 1.15. The Hall–Kier alpha value is -1.55. The Kier molecular flexibility index (Phi) is 4.10. The highest BCUT2D eigenvalue weighted by Crippen LogP contribution is 2.38. The monoisotopic (exact) mass is 262 g/mol. The fourth-order valence-corrected chi connectivity index (χ4v) is 2.21. The highest BCUT2D eigenvalue weighted by Gasteiger charge is 2.43. The minimum absolute atomic E-state index is 0.0436. The molecule has 1 amide bonds. The van der Waals surface area contributed by atoms with Gasteiger partial charge in [0.15, 0.2) is 0 Å². The van der Waals surface area contributed by atoms with Crippen LogP contribution >= 0.6 is 0 Å². The van der Waals surface area contributed by atoms with Crippen LogP contribution in [0.15, 0.2) is 24.3 Å². The number of carbonyl (C=O) groups excluding carboxylic acids is 1. The van der Waals surface area contributed by atoms with Crippen LogP contribution in [0.25, 0.3) is 0 Å². The molecule has 0 saturated heterocycles. The van der Waals surface area contributed by atoms with Crippen LogP contribution in [0.5, 0.6) is 5.75 Å². The van der Waals surface area contributed by atoms with E-state index < -0.39 is 5.54 Å². The molecule has 4 nitrogen and oxygen atoms in total. The van der Waals surface area contributed by atoms with Gasteiger partial charge in [-0.25, -0.2) is 0 Å². The average Bonchev–Trinajstić information content (AvgIpc) is 3.23. The van der Waals surface area contributed by atoms with Gasteiger partial charge in [-0.15, -0.1) is 0 Å². The second-order valence-electron chi connectivity index (χ2n) is 5.41. The Labute approximate surface area is 114 Å². The van der Waals surface area contributed by atoms with Crippen molar-refractivity contribution in [2.45, 2.75) is 31.7 Å². The fourth-order valence-electron chi connectivity index (χ4n) is 2.21. The number of ether oxygens (including phenoxy) is 1. The number of amides is 1. The van der Waals surface area contributed by atoms with Gasteiger partial charge in [0.05, 0.1) is 12.6 Å². The van der Waals surface area contributed by atoms with E-state index in [1.807, 2.05) is 31.2 Å². The summed E-state index contributed by atoms with van der Waals surface area (Å²) in [5, 5.41) is 2.93. The molecule has 1 atom stereocenters. The molecule has 1 fully saturated rings. The van der Waals surface area contributed by atoms with Crippen LogP contribution in [0.1, 0.15) is 25.3 Å². The second kappa shape index (κ2) is 5.61. The molecule has 0 spiro atoms. The largest absolute Gasteiger partial charge is 0.497 e. The van der Waals surface area contributed by atoms with Crippen molar-refractivity contribution < 1.29 is 9.53 Å². The maximum Gasteiger partial charge on any atom is 0.240 e. The molecule has 104 valence electrons. The number of nitrogens with two attached hydrogens (primary N) is 1. The van der Waals surface area contributed by atoms with Crippen molar-refractivity contribution in [1.82, 2.24) is 5.32 Å². The summed E-state index contributed by atoms with van der Waals surface area (Å²) in [7, 11) is 1.65. The van der Waals surface area contributed by atoms with Gasteiger partial charge in [0.25, 0.3) is 0 Å². The van der Waals surface area contributed by atoms with E-state index in [0.29, 0.717) is 12.5 Å². The molecule has 1 aromatic rings. The molecular weight excluding hydrogens is 240 g/mol. The molecule has 1 aromatic carbocycles. The van der Waals surface area contributed by atoms with Gasteiger partial charge in [0, 0.05) is 6.54 Å².